The van der Waals surface area contributed by atoms with Crippen molar-refractivity contribution in [1.29, 1.82) is 0 Å². The quantitative estimate of drug-likeness (QED) is 0.366. The maximum atomic E-state index is 13.2. The molecule has 2 aromatic carbocycles. The Hall–Kier alpha value is -1.45. The minimum atomic E-state index is -0.173. The van der Waals surface area contributed by atoms with E-state index in [0.717, 1.165) is 29.7 Å². The summed E-state index contributed by atoms with van der Waals surface area (Å²) in [5.41, 5.74) is 3.76. The average molecular weight is 452 g/mol. The molecule has 1 aliphatic heterocycles. The minimum absolute atomic E-state index is 0.116. The molecule has 4 rings (SSSR count). The predicted octanol–water partition coefficient (Wildman–Crippen LogP) is 8.49. The van der Waals surface area contributed by atoms with Crippen molar-refractivity contribution in [3.8, 4) is 11.1 Å². The van der Waals surface area contributed by atoms with Crippen molar-refractivity contribution in [2.45, 2.75) is 88.4 Å². The summed E-state index contributed by atoms with van der Waals surface area (Å²) >= 11 is 0. The number of methoxy groups -OCH3 is 1. The minimum Gasteiger partial charge on any atom is -0.381 e. The van der Waals surface area contributed by atoms with E-state index in [1.54, 1.807) is 24.2 Å². The summed E-state index contributed by atoms with van der Waals surface area (Å²) in [6.45, 7) is 2.25. The zero-order chi connectivity index (χ0) is 22.3. The molecule has 173 valence electrons. The summed E-state index contributed by atoms with van der Waals surface area (Å²) < 4.78 is 18.8. The van der Waals surface area contributed by atoms with Gasteiger partial charge in [-0.15, -0.1) is 0 Å². The van der Waals surface area contributed by atoms with Gasteiger partial charge >= 0.3 is 0 Å². The van der Waals surface area contributed by atoms with E-state index in [4.69, 9.17) is 4.74 Å². The first-order valence-corrected chi connectivity index (χ1v) is 15.0. The molecule has 1 aliphatic carbocycles. The second kappa shape index (κ2) is 11.6. The topological polar surface area (TPSA) is 9.23 Å². The molecule has 1 atom stereocenters. The first-order valence-electron chi connectivity index (χ1n) is 12.9. The van der Waals surface area contributed by atoms with Crippen molar-refractivity contribution in [2.24, 2.45) is 11.8 Å². The van der Waals surface area contributed by atoms with Crippen molar-refractivity contribution in [3.05, 3.63) is 59.9 Å². The molecule has 0 aromatic heterocycles. The standard InChI is InChI=1S/C29H40FOSi/c1-3-29(31-2)18-21-32-19-16-27(17-20-32)25-10-8-23(9-11-25)22-4-6-24(7-5-22)26-12-14-28(30)15-13-26/h4-7,12-15,23,25,27,29H,3,8-11,16-21H2,1-2H3. The Morgan fingerprint density at radius 3 is 1.97 bits per heavy atom. The Kier molecular flexibility index (Phi) is 8.60. The lowest BCUT2D eigenvalue weighted by Gasteiger charge is -2.38. The number of benzene rings is 2. The Labute approximate surface area is 196 Å². The molecule has 1 heterocycles. The van der Waals surface area contributed by atoms with Gasteiger partial charge in [-0.3, -0.25) is 0 Å². The molecule has 0 N–H and O–H groups in total. The normalized spacial score (nSPS) is 23.8. The highest BCUT2D eigenvalue weighted by molar-refractivity contribution is 6.59. The van der Waals surface area contributed by atoms with Gasteiger partial charge in [-0.25, -0.2) is 4.39 Å². The van der Waals surface area contributed by atoms with E-state index < -0.39 is 0 Å². The van der Waals surface area contributed by atoms with E-state index in [1.807, 2.05) is 19.2 Å². The van der Waals surface area contributed by atoms with E-state index in [2.05, 4.69) is 31.2 Å². The Morgan fingerprint density at radius 1 is 0.844 bits per heavy atom. The zero-order valence-electron chi connectivity index (χ0n) is 20.0. The average Bonchev–Trinajstić information content (AvgIpc) is 2.86. The third-order valence-corrected chi connectivity index (χ3v) is 11.3. The Balaban J connectivity index is 1.22. The first-order chi connectivity index (χ1) is 15.7. The van der Waals surface area contributed by atoms with Gasteiger partial charge in [-0.1, -0.05) is 74.3 Å². The zero-order valence-corrected chi connectivity index (χ0v) is 21.0. The van der Waals surface area contributed by atoms with Crippen LogP contribution in [0.4, 0.5) is 4.39 Å². The van der Waals surface area contributed by atoms with Gasteiger partial charge in [0, 0.05) is 15.9 Å². The maximum Gasteiger partial charge on any atom is 0.123 e. The fourth-order valence-electron chi connectivity index (χ4n) is 6.14. The van der Waals surface area contributed by atoms with Crippen molar-refractivity contribution >= 4 is 8.80 Å². The summed E-state index contributed by atoms with van der Waals surface area (Å²) in [7, 11) is 1.76. The summed E-state index contributed by atoms with van der Waals surface area (Å²) in [5, 5.41) is 0. The van der Waals surface area contributed by atoms with Gasteiger partial charge in [0.15, 0.2) is 0 Å². The van der Waals surface area contributed by atoms with Crippen LogP contribution in [0.15, 0.2) is 48.5 Å². The molecule has 0 spiro atoms. The number of rotatable bonds is 8. The summed E-state index contributed by atoms with van der Waals surface area (Å²) in [6, 6.07) is 20.4. The second-order valence-electron chi connectivity index (χ2n) is 10.1. The number of hydrogen-bond acceptors (Lipinski definition) is 1. The highest BCUT2D eigenvalue weighted by atomic mass is 28.3. The van der Waals surface area contributed by atoms with Crippen LogP contribution in [0.3, 0.4) is 0 Å². The highest BCUT2D eigenvalue weighted by Crippen LogP contribution is 2.44. The lowest BCUT2D eigenvalue weighted by Crippen LogP contribution is -2.28. The van der Waals surface area contributed by atoms with E-state index >= 15 is 0 Å². The van der Waals surface area contributed by atoms with E-state index in [9.17, 15) is 4.39 Å². The van der Waals surface area contributed by atoms with Crippen molar-refractivity contribution in [2.75, 3.05) is 7.11 Å². The fourth-order valence-corrected chi connectivity index (χ4v) is 9.18. The molecule has 1 nitrogen and oxygen atoms in total. The summed E-state index contributed by atoms with van der Waals surface area (Å²) in [4.78, 5) is 0. The molecule has 1 saturated carbocycles. The van der Waals surface area contributed by atoms with Crippen LogP contribution in [0.1, 0.15) is 69.8 Å². The molecular weight excluding hydrogens is 411 g/mol. The van der Waals surface area contributed by atoms with E-state index in [0.29, 0.717) is 6.10 Å². The molecule has 1 radical (unpaired) electrons. The lowest BCUT2D eigenvalue weighted by molar-refractivity contribution is 0.0961. The number of hydrogen-bond donors (Lipinski definition) is 0. The molecule has 0 bridgehead atoms. The van der Waals surface area contributed by atoms with Crippen molar-refractivity contribution in [1.82, 2.24) is 0 Å². The van der Waals surface area contributed by atoms with Crippen molar-refractivity contribution in [3.63, 3.8) is 0 Å². The monoisotopic (exact) mass is 451 g/mol. The molecular formula is C29H40FOSi. The SMILES string of the molecule is CCC(CC[Si]1CCC(C2CCC(c3ccc(-c4ccc(F)cc4)cc3)CC2)CC1)OC. The van der Waals surface area contributed by atoms with Gasteiger partial charge in [0.2, 0.25) is 0 Å². The fraction of sp³-hybridized carbons (Fsp3) is 0.586. The first kappa shape index (κ1) is 23.7. The molecule has 2 aromatic rings. The van der Waals surface area contributed by atoms with Gasteiger partial charge in [0.05, 0.1) is 6.10 Å². The molecule has 2 fully saturated rings. The van der Waals surface area contributed by atoms with Crippen molar-refractivity contribution < 1.29 is 9.13 Å². The van der Waals surface area contributed by atoms with Gasteiger partial charge in [0.1, 0.15) is 5.82 Å². The summed E-state index contributed by atoms with van der Waals surface area (Å²) in [6.07, 6.45) is 11.5. The highest BCUT2D eigenvalue weighted by Gasteiger charge is 2.31. The molecule has 1 saturated heterocycles. The van der Waals surface area contributed by atoms with Crippen LogP contribution in [0, 0.1) is 17.7 Å². The molecule has 2 aliphatic rings. The third kappa shape index (κ3) is 6.11. The van der Waals surface area contributed by atoms with Crippen LogP contribution in [-0.2, 0) is 4.74 Å². The second-order valence-corrected chi connectivity index (χ2v) is 13.1. The maximum absolute atomic E-state index is 13.2. The van der Waals surface area contributed by atoms with Crippen LogP contribution in [-0.4, -0.2) is 22.0 Å². The number of halogens is 1. The predicted molar refractivity (Wildman–Crippen MR) is 135 cm³/mol. The molecule has 0 amide bonds. The van der Waals surface area contributed by atoms with Crippen LogP contribution in [0.2, 0.25) is 18.1 Å². The van der Waals surface area contributed by atoms with Crippen LogP contribution in [0.5, 0.6) is 0 Å². The van der Waals surface area contributed by atoms with E-state index in [1.165, 1.54) is 62.1 Å². The van der Waals surface area contributed by atoms with Crippen LogP contribution >= 0.6 is 0 Å². The summed E-state index contributed by atoms with van der Waals surface area (Å²) in [5.74, 6) is 2.51. The van der Waals surface area contributed by atoms with Gasteiger partial charge in [0.25, 0.3) is 0 Å². The molecule has 1 unspecified atom stereocenters. The van der Waals surface area contributed by atoms with Gasteiger partial charge < -0.3 is 4.74 Å². The van der Waals surface area contributed by atoms with E-state index in [-0.39, 0.29) is 14.6 Å². The smallest absolute Gasteiger partial charge is 0.123 e. The van der Waals surface area contributed by atoms with Gasteiger partial charge in [-0.2, -0.15) is 0 Å². The molecule has 32 heavy (non-hydrogen) atoms. The molecule has 3 heteroatoms. The lowest BCUT2D eigenvalue weighted by atomic mass is 9.72. The van der Waals surface area contributed by atoms with Gasteiger partial charge in [-0.05, 0) is 85.1 Å². The number of ether oxygens (including phenoxy) is 1. The van der Waals surface area contributed by atoms with Crippen LogP contribution < -0.4 is 0 Å². The van der Waals surface area contributed by atoms with Crippen LogP contribution in [0.25, 0.3) is 11.1 Å². The third-order valence-electron chi connectivity index (χ3n) is 8.34. The Morgan fingerprint density at radius 2 is 1.41 bits per heavy atom. The largest absolute Gasteiger partial charge is 0.381 e. The Bertz CT molecular complexity index is 798.